The van der Waals surface area contributed by atoms with Crippen LogP contribution in [0.25, 0.3) is 0 Å². The average Bonchev–Trinajstić information content (AvgIpc) is 3.13. The van der Waals surface area contributed by atoms with E-state index in [1.54, 1.807) is 20.3 Å². The van der Waals surface area contributed by atoms with Crippen LogP contribution in [0.5, 0.6) is 11.5 Å². The average molecular weight is 724 g/mol. The molecule has 9 nitrogen and oxygen atoms in total. The topological polar surface area (TPSA) is 117 Å². The Morgan fingerprint density at radius 3 is 2.32 bits per heavy atom. The van der Waals surface area contributed by atoms with Crippen molar-refractivity contribution in [3.8, 4) is 11.5 Å². The Morgan fingerprint density at radius 1 is 0.925 bits per heavy atom. The number of carbonyl (C=O) groups is 3. The van der Waals surface area contributed by atoms with Crippen molar-refractivity contribution in [2.24, 2.45) is 33.0 Å². The molecule has 6 aliphatic rings. The number of aliphatic hydroxyl groups excluding tert-OH is 1. The molecule has 284 valence electrons. The Balaban J connectivity index is 1.03. The number of rotatable bonds is 7. The molecule has 0 spiro atoms. The number of hydrogen-bond acceptors (Lipinski definition) is 7. The third-order valence-corrected chi connectivity index (χ3v) is 15.1. The van der Waals surface area contributed by atoms with Gasteiger partial charge in [-0.3, -0.25) is 14.4 Å². The lowest BCUT2D eigenvalue weighted by atomic mass is 9.34. The van der Waals surface area contributed by atoms with Crippen molar-refractivity contribution in [2.45, 2.75) is 92.9 Å². The number of anilines is 1. The lowest BCUT2D eigenvalue weighted by Gasteiger charge is -2.70. The first-order valence-corrected chi connectivity index (χ1v) is 19.3. The molecule has 7 rings (SSSR count). The summed E-state index contributed by atoms with van der Waals surface area (Å²) in [5.74, 6) is 1.08. The predicted molar refractivity (Wildman–Crippen MR) is 207 cm³/mol. The molecule has 5 aliphatic carbocycles. The third-order valence-electron chi connectivity index (χ3n) is 15.1. The quantitative estimate of drug-likeness (QED) is 0.251. The molecular formula is C44H57N3O6. The maximum Gasteiger partial charge on any atom is 0.249 e. The summed E-state index contributed by atoms with van der Waals surface area (Å²) in [7, 11) is 5.12. The number of aliphatic hydroxyl groups is 1. The molecule has 1 aromatic rings. The second kappa shape index (κ2) is 12.7. The van der Waals surface area contributed by atoms with Gasteiger partial charge in [-0.05, 0) is 103 Å². The van der Waals surface area contributed by atoms with Crippen molar-refractivity contribution in [1.82, 2.24) is 10.6 Å². The van der Waals surface area contributed by atoms with Gasteiger partial charge in [0.25, 0.3) is 0 Å². The summed E-state index contributed by atoms with van der Waals surface area (Å²) in [5, 5.41) is 16.7. The molecule has 3 N–H and O–H groups in total. The van der Waals surface area contributed by atoms with E-state index in [0.29, 0.717) is 48.1 Å². The summed E-state index contributed by atoms with van der Waals surface area (Å²) in [4.78, 5) is 42.1. The maximum absolute atomic E-state index is 14.1. The SMILES string of the molecule is COc1cc2c(cc1OC)N(C)C=C(C(=O)NCCNC(=O)[C@]1(C)CC[C@]3(C)CC[C@]4(C)C5=CC=C6C(=CC(=O)C(O)=C6C)[C@]5(C)CC[C@@]4(C)[C@@H]3C1)C2. The number of fused-ring (bicyclic) bond motifs is 8. The molecule has 1 aromatic carbocycles. The number of benzene rings is 1. The zero-order chi connectivity index (χ0) is 38.3. The van der Waals surface area contributed by atoms with E-state index in [-0.39, 0.29) is 45.0 Å². The van der Waals surface area contributed by atoms with Gasteiger partial charge in [0.05, 0.1) is 14.2 Å². The Morgan fingerprint density at radius 2 is 1.60 bits per heavy atom. The van der Waals surface area contributed by atoms with Crippen LogP contribution in [-0.4, -0.2) is 57.1 Å². The van der Waals surface area contributed by atoms with Crippen LogP contribution in [0, 0.1) is 33.0 Å². The van der Waals surface area contributed by atoms with E-state index in [9.17, 15) is 19.5 Å². The van der Waals surface area contributed by atoms with E-state index in [1.807, 2.05) is 37.2 Å². The molecule has 0 saturated heterocycles. The molecule has 0 unspecified atom stereocenters. The van der Waals surface area contributed by atoms with Crippen molar-refractivity contribution in [1.29, 1.82) is 0 Å². The first-order chi connectivity index (χ1) is 24.9. The van der Waals surface area contributed by atoms with Gasteiger partial charge >= 0.3 is 0 Å². The van der Waals surface area contributed by atoms with Gasteiger partial charge in [0.15, 0.2) is 17.3 Å². The van der Waals surface area contributed by atoms with Crippen LogP contribution in [0.1, 0.15) is 92.1 Å². The fourth-order valence-electron chi connectivity index (χ4n) is 11.4. The van der Waals surface area contributed by atoms with Crippen LogP contribution in [0.2, 0.25) is 0 Å². The van der Waals surface area contributed by atoms with E-state index >= 15 is 0 Å². The van der Waals surface area contributed by atoms with Crippen LogP contribution in [0.4, 0.5) is 5.69 Å². The minimum atomic E-state index is -0.513. The number of hydrogen-bond donors (Lipinski definition) is 3. The maximum atomic E-state index is 14.1. The molecule has 1 aliphatic heterocycles. The summed E-state index contributed by atoms with van der Waals surface area (Å²) >= 11 is 0. The Bertz CT molecular complexity index is 1950. The first kappa shape index (κ1) is 37.1. The van der Waals surface area contributed by atoms with Gasteiger partial charge in [0.1, 0.15) is 0 Å². The van der Waals surface area contributed by atoms with Crippen molar-refractivity contribution in [3.05, 3.63) is 75.7 Å². The van der Waals surface area contributed by atoms with E-state index in [2.05, 4.69) is 57.4 Å². The van der Waals surface area contributed by atoms with Crippen molar-refractivity contribution in [2.75, 3.05) is 39.3 Å². The molecular weight excluding hydrogens is 666 g/mol. The highest BCUT2D eigenvalue weighted by Crippen LogP contribution is 2.75. The predicted octanol–water partition coefficient (Wildman–Crippen LogP) is 7.44. The van der Waals surface area contributed by atoms with Gasteiger partial charge in [0, 0.05) is 66.5 Å². The summed E-state index contributed by atoms with van der Waals surface area (Å²) in [6.45, 7) is 14.4. The highest BCUT2D eigenvalue weighted by molar-refractivity contribution is 6.06. The molecule has 3 fully saturated rings. The van der Waals surface area contributed by atoms with Gasteiger partial charge < -0.3 is 30.1 Å². The van der Waals surface area contributed by atoms with Crippen molar-refractivity contribution < 1.29 is 29.0 Å². The van der Waals surface area contributed by atoms with E-state index in [4.69, 9.17) is 9.47 Å². The molecule has 1 heterocycles. The smallest absolute Gasteiger partial charge is 0.249 e. The van der Waals surface area contributed by atoms with Gasteiger partial charge in [0.2, 0.25) is 17.6 Å². The molecule has 0 bridgehead atoms. The molecule has 0 aromatic heterocycles. The highest BCUT2D eigenvalue weighted by Gasteiger charge is 2.67. The summed E-state index contributed by atoms with van der Waals surface area (Å²) < 4.78 is 10.9. The number of carbonyl (C=O) groups excluding carboxylic acids is 3. The number of nitrogens with one attached hydrogen (secondary N) is 2. The first-order valence-electron chi connectivity index (χ1n) is 19.3. The Kier molecular flexibility index (Phi) is 8.85. The number of allylic oxidation sites excluding steroid dienone is 7. The minimum Gasteiger partial charge on any atom is -0.504 e. The second-order valence-electron chi connectivity index (χ2n) is 17.9. The number of methoxy groups -OCH3 is 2. The lowest BCUT2D eigenvalue weighted by Crippen LogP contribution is -2.62. The zero-order valence-corrected chi connectivity index (χ0v) is 33.0. The van der Waals surface area contributed by atoms with Gasteiger partial charge in [-0.1, -0.05) is 52.3 Å². The molecule has 0 radical (unpaired) electrons. The summed E-state index contributed by atoms with van der Waals surface area (Å²) in [6.07, 6.45) is 15.2. The van der Waals surface area contributed by atoms with Crippen LogP contribution < -0.4 is 25.0 Å². The Hall–Kier alpha value is -4.27. The van der Waals surface area contributed by atoms with Gasteiger partial charge in [-0.25, -0.2) is 0 Å². The van der Waals surface area contributed by atoms with E-state index in [1.165, 1.54) is 5.57 Å². The van der Waals surface area contributed by atoms with Crippen LogP contribution in [-0.2, 0) is 20.8 Å². The highest BCUT2D eigenvalue weighted by atomic mass is 16.5. The Labute approximate surface area is 314 Å². The fraction of sp³-hybridized carbons (Fsp3) is 0.568. The van der Waals surface area contributed by atoms with Crippen LogP contribution >= 0.6 is 0 Å². The number of nitrogens with zero attached hydrogens (tertiary/aromatic N) is 1. The number of amides is 2. The number of ketones is 1. The third kappa shape index (κ3) is 5.50. The lowest BCUT2D eigenvalue weighted by molar-refractivity contribution is -0.169. The largest absolute Gasteiger partial charge is 0.504 e. The normalized spacial score (nSPS) is 34.5. The zero-order valence-electron chi connectivity index (χ0n) is 33.0. The van der Waals surface area contributed by atoms with Gasteiger partial charge in [-0.15, -0.1) is 0 Å². The van der Waals surface area contributed by atoms with Crippen LogP contribution in [0.15, 0.2) is 70.2 Å². The van der Waals surface area contributed by atoms with Gasteiger partial charge in [-0.2, -0.15) is 0 Å². The van der Waals surface area contributed by atoms with Crippen molar-refractivity contribution >= 4 is 23.3 Å². The van der Waals surface area contributed by atoms with E-state index < -0.39 is 5.41 Å². The van der Waals surface area contributed by atoms with Crippen LogP contribution in [0.3, 0.4) is 0 Å². The van der Waals surface area contributed by atoms with Crippen molar-refractivity contribution in [3.63, 3.8) is 0 Å². The molecule has 9 heteroatoms. The molecule has 53 heavy (non-hydrogen) atoms. The second-order valence-corrected chi connectivity index (χ2v) is 17.9. The molecule has 3 saturated carbocycles. The standard InChI is InChI=1S/C44H57N3O6/c1-26-29-10-11-35-42(4,30(29)22-32(48)37(26)49)15-17-44(6)36-24-41(3,13-12-40(36,2)14-16-43(35,44)5)39(51)46-19-18-45-38(50)28-20-27-21-33(52-8)34(53-9)23-31(27)47(7)25-28/h10-11,21-23,25,36,49H,12-20,24H2,1-9H3,(H,45,50)(H,46,51)/t36-,40-,41-,42+,43-,44+/m1/s1. The summed E-state index contributed by atoms with van der Waals surface area (Å²) in [5.41, 5.74) is 5.89. The molecule has 6 atom stereocenters. The molecule has 2 amide bonds. The van der Waals surface area contributed by atoms with E-state index in [0.717, 1.165) is 67.3 Å². The number of ether oxygens (including phenoxy) is 2. The minimum absolute atomic E-state index is 0.0342. The monoisotopic (exact) mass is 723 g/mol. The fourth-order valence-corrected chi connectivity index (χ4v) is 11.4. The summed E-state index contributed by atoms with van der Waals surface area (Å²) in [6, 6.07) is 3.84.